The van der Waals surface area contributed by atoms with Crippen LogP contribution in [-0.4, -0.2) is 50.9 Å². The van der Waals surface area contributed by atoms with Gasteiger partial charge in [-0.05, 0) is 31.7 Å². The third kappa shape index (κ3) is 4.49. The number of rotatable bonds is 6. The molecular weight excluding hydrogens is 240 g/mol. The SMILES string of the molecule is CCOc1cccc(CN2CCOC(CNC)C2)c1. The Bertz CT molecular complexity index is 382. The average Bonchev–Trinajstić information content (AvgIpc) is 2.40. The molecule has 1 aromatic rings. The highest BCUT2D eigenvalue weighted by molar-refractivity contribution is 5.28. The highest BCUT2D eigenvalue weighted by Crippen LogP contribution is 2.16. The molecule has 0 bridgehead atoms. The van der Waals surface area contributed by atoms with Crippen LogP contribution in [0.3, 0.4) is 0 Å². The lowest BCUT2D eigenvalue weighted by Gasteiger charge is -2.32. The zero-order chi connectivity index (χ0) is 13.5. The largest absolute Gasteiger partial charge is 0.494 e. The number of hydrogen-bond acceptors (Lipinski definition) is 4. The fourth-order valence-electron chi connectivity index (χ4n) is 2.43. The summed E-state index contributed by atoms with van der Waals surface area (Å²) < 4.78 is 11.3. The van der Waals surface area contributed by atoms with E-state index in [0.29, 0.717) is 12.7 Å². The summed E-state index contributed by atoms with van der Waals surface area (Å²) >= 11 is 0. The number of likely N-dealkylation sites (N-methyl/N-ethyl adjacent to an activating group) is 1. The Hall–Kier alpha value is -1.10. The highest BCUT2D eigenvalue weighted by Gasteiger charge is 2.19. The van der Waals surface area contributed by atoms with Crippen molar-refractivity contribution in [1.82, 2.24) is 10.2 Å². The van der Waals surface area contributed by atoms with Gasteiger partial charge in [0.1, 0.15) is 5.75 Å². The molecule has 1 aliphatic heterocycles. The van der Waals surface area contributed by atoms with Crippen molar-refractivity contribution in [2.45, 2.75) is 19.6 Å². The Labute approximate surface area is 115 Å². The third-order valence-corrected chi connectivity index (χ3v) is 3.27. The van der Waals surface area contributed by atoms with Crippen LogP contribution in [0, 0.1) is 0 Å². The average molecular weight is 264 g/mol. The number of morpholine rings is 1. The number of benzene rings is 1. The second-order valence-electron chi connectivity index (χ2n) is 4.87. The summed E-state index contributed by atoms with van der Waals surface area (Å²) in [5, 5.41) is 3.18. The number of nitrogens with one attached hydrogen (secondary N) is 1. The van der Waals surface area contributed by atoms with Crippen LogP contribution in [0.4, 0.5) is 0 Å². The van der Waals surface area contributed by atoms with Crippen molar-refractivity contribution in [3.05, 3.63) is 29.8 Å². The molecule has 1 aliphatic rings. The molecule has 1 saturated heterocycles. The maximum absolute atomic E-state index is 5.72. The minimum absolute atomic E-state index is 0.300. The van der Waals surface area contributed by atoms with Crippen molar-refractivity contribution in [2.75, 3.05) is 39.9 Å². The van der Waals surface area contributed by atoms with Gasteiger partial charge in [0, 0.05) is 26.2 Å². The van der Waals surface area contributed by atoms with E-state index in [9.17, 15) is 0 Å². The van der Waals surface area contributed by atoms with E-state index < -0.39 is 0 Å². The highest BCUT2D eigenvalue weighted by atomic mass is 16.5. The lowest BCUT2D eigenvalue weighted by Crippen LogP contribution is -2.45. The van der Waals surface area contributed by atoms with Crippen molar-refractivity contribution in [1.29, 1.82) is 0 Å². The summed E-state index contributed by atoms with van der Waals surface area (Å²) in [6.07, 6.45) is 0.300. The molecule has 1 fully saturated rings. The first kappa shape index (κ1) is 14.3. The smallest absolute Gasteiger partial charge is 0.119 e. The quantitative estimate of drug-likeness (QED) is 0.844. The van der Waals surface area contributed by atoms with E-state index in [1.165, 1.54) is 5.56 Å². The third-order valence-electron chi connectivity index (χ3n) is 3.27. The van der Waals surface area contributed by atoms with Crippen molar-refractivity contribution in [3.63, 3.8) is 0 Å². The molecule has 0 aromatic heterocycles. The van der Waals surface area contributed by atoms with Crippen LogP contribution in [0.2, 0.25) is 0 Å². The molecule has 0 radical (unpaired) electrons. The fraction of sp³-hybridized carbons (Fsp3) is 0.600. The van der Waals surface area contributed by atoms with E-state index in [1.54, 1.807) is 0 Å². The standard InChI is InChI=1S/C15H24N2O2/c1-3-18-14-6-4-5-13(9-14)11-17-7-8-19-15(12-17)10-16-2/h4-6,9,15-16H,3,7-8,10-12H2,1-2H3. The summed E-state index contributed by atoms with van der Waals surface area (Å²) in [6, 6.07) is 8.36. The molecule has 0 spiro atoms. The summed E-state index contributed by atoms with van der Waals surface area (Å²) in [4.78, 5) is 2.44. The molecule has 4 nitrogen and oxygen atoms in total. The minimum Gasteiger partial charge on any atom is -0.494 e. The number of hydrogen-bond donors (Lipinski definition) is 1. The Morgan fingerprint density at radius 1 is 1.47 bits per heavy atom. The Kier molecular flexibility index (Phi) is 5.63. The van der Waals surface area contributed by atoms with Gasteiger partial charge in [-0.1, -0.05) is 12.1 Å². The van der Waals surface area contributed by atoms with E-state index in [-0.39, 0.29) is 0 Å². The van der Waals surface area contributed by atoms with Gasteiger partial charge in [-0.3, -0.25) is 4.90 Å². The predicted octanol–water partition coefficient (Wildman–Crippen LogP) is 1.51. The van der Waals surface area contributed by atoms with E-state index >= 15 is 0 Å². The van der Waals surface area contributed by atoms with E-state index in [0.717, 1.165) is 38.5 Å². The molecule has 1 unspecified atom stereocenters. The molecule has 2 rings (SSSR count). The normalized spacial score (nSPS) is 20.4. The van der Waals surface area contributed by atoms with E-state index in [2.05, 4.69) is 28.4 Å². The lowest BCUT2D eigenvalue weighted by atomic mass is 10.1. The molecule has 0 saturated carbocycles. The second-order valence-corrected chi connectivity index (χ2v) is 4.87. The molecule has 106 valence electrons. The van der Waals surface area contributed by atoms with Gasteiger partial charge in [-0.25, -0.2) is 0 Å². The summed E-state index contributed by atoms with van der Waals surface area (Å²) in [5.74, 6) is 0.958. The first-order valence-corrected chi connectivity index (χ1v) is 7.02. The van der Waals surface area contributed by atoms with Crippen LogP contribution < -0.4 is 10.1 Å². The first-order valence-electron chi connectivity index (χ1n) is 7.02. The van der Waals surface area contributed by atoms with Gasteiger partial charge in [-0.2, -0.15) is 0 Å². The summed E-state index contributed by atoms with van der Waals surface area (Å²) in [5.41, 5.74) is 1.30. The number of ether oxygens (including phenoxy) is 2. The maximum Gasteiger partial charge on any atom is 0.119 e. The molecule has 4 heteroatoms. The molecule has 1 aromatic carbocycles. The van der Waals surface area contributed by atoms with E-state index in [1.807, 2.05) is 20.0 Å². The fourth-order valence-corrected chi connectivity index (χ4v) is 2.43. The van der Waals surface area contributed by atoms with Crippen LogP contribution in [0.25, 0.3) is 0 Å². The zero-order valence-corrected chi connectivity index (χ0v) is 11.9. The maximum atomic E-state index is 5.72. The van der Waals surface area contributed by atoms with Crippen molar-refractivity contribution >= 4 is 0 Å². The van der Waals surface area contributed by atoms with Crippen LogP contribution in [0.15, 0.2) is 24.3 Å². The van der Waals surface area contributed by atoms with Crippen molar-refractivity contribution in [3.8, 4) is 5.75 Å². The van der Waals surface area contributed by atoms with Gasteiger partial charge in [0.05, 0.1) is 19.3 Å². The Morgan fingerprint density at radius 2 is 2.37 bits per heavy atom. The summed E-state index contributed by atoms with van der Waals surface area (Å²) in [6.45, 7) is 7.40. The van der Waals surface area contributed by atoms with Crippen LogP contribution in [0.5, 0.6) is 5.75 Å². The topological polar surface area (TPSA) is 33.7 Å². The second kappa shape index (κ2) is 7.48. The predicted molar refractivity (Wildman–Crippen MR) is 76.6 cm³/mol. The molecule has 1 N–H and O–H groups in total. The van der Waals surface area contributed by atoms with Crippen molar-refractivity contribution in [2.24, 2.45) is 0 Å². The van der Waals surface area contributed by atoms with Gasteiger partial charge in [0.15, 0.2) is 0 Å². The monoisotopic (exact) mass is 264 g/mol. The minimum atomic E-state index is 0.300. The molecule has 0 aliphatic carbocycles. The van der Waals surface area contributed by atoms with Gasteiger partial charge >= 0.3 is 0 Å². The van der Waals surface area contributed by atoms with Crippen LogP contribution in [-0.2, 0) is 11.3 Å². The van der Waals surface area contributed by atoms with Crippen LogP contribution >= 0.6 is 0 Å². The molecule has 1 atom stereocenters. The molecule has 0 amide bonds. The molecule has 19 heavy (non-hydrogen) atoms. The molecular formula is C15H24N2O2. The Morgan fingerprint density at radius 3 is 3.16 bits per heavy atom. The van der Waals surface area contributed by atoms with Gasteiger partial charge in [0.2, 0.25) is 0 Å². The first-order chi connectivity index (χ1) is 9.31. The Balaban J connectivity index is 1.90. The van der Waals surface area contributed by atoms with Crippen LogP contribution in [0.1, 0.15) is 12.5 Å². The zero-order valence-electron chi connectivity index (χ0n) is 11.9. The summed E-state index contributed by atoms with van der Waals surface area (Å²) in [7, 11) is 1.97. The van der Waals surface area contributed by atoms with Gasteiger partial charge in [-0.15, -0.1) is 0 Å². The molecule has 1 heterocycles. The van der Waals surface area contributed by atoms with Gasteiger partial charge in [0.25, 0.3) is 0 Å². The lowest BCUT2D eigenvalue weighted by molar-refractivity contribution is -0.0291. The van der Waals surface area contributed by atoms with E-state index in [4.69, 9.17) is 9.47 Å². The van der Waals surface area contributed by atoms with Gasteiger partial charge < -0.3 is 14.8 Å². The number of nitrogens with zero attached hydrogens (tertiary/aromatic N) is 1. The van der Waals surface area contributed by atoms with Crippen molar-refractivity contribution < 1.29 is 9.47 Å².